The molecule has 0 aliphatic carbocycles. The van der Waals surface area contributed by atoms with E-state index in [0.29, 0.717) is 12.4 Å². The molecule has 0 aromatic heterocycles. The van der Waals surface area contributed by atoms with Crippen molar-refractivity contribution >= 4 is 17.9 Å². The van der Waals surface area contributed by atoms with Crippen molar-refractivity contribution in [3.63, 3.8) is 0 Å². The molecule has 0 atom stereocenters. The van der Waals surface area contributed by atoms with Gasteiger partial charge in [-0.3, -0.25) is 4.99 Å². The molecule has 0 radical (unpaired) electrons. The third kappa shape index (κ3) is 2.78. The monoisotopic (exact) mass is 302 g/mol. The van der Waals surface area contributed by atoms with Crippen LogP contribution in [0.1, 0.15) is 12.0 Å². The number of benzene rings is 1. The summed E-state index contributed by atoms with van der Waals surface area (Å²) in [5.74, 6) is 2.40. The van der Waals surface area contributed by atoms with E-state index in [-0.39, 0.29) is 0 Å². The molecule has 118 valence electrons. The van der Waals surface area contributed by atoms with Crippen molar-refractivity contribution in [3.05, 3.63) is 17.7 Å². The standard InChI is InChI=1S/C16H22N4O2/c1-19(2)8-4-10-22-13-6-5-12-14(15(13)21-3)18-11-20-9-7-17-16(12)20/h5-6,11H,4,7-10H2,1-3H3. The van der Waals surface area contributed by atoms with Crippen LogP contribution in [0.4, 0.5) is 5.69 Å². The van der Waals surface area contributed by atoms with Crippen LogP contribution in [-0.4, -0.2) is 69.4 Å². The molecule has 2 heterocycles. The van der Waals surface area contributed by atoms with Gasteiger partial charge >= 0.3 is 0 Å². The Bertz CT molecular complexity index is 610. The maximum atomic E-state index is 5.88. The van der Waals surface area contributed by atoms with Crippen LogP contribution >= 0.6 is 0 Å². The van der Waals surface area contributed by atoms with Crippen LogP contribution in [-0.2, 0) is 0 Å². The first-order chi connectivity index (χ1) is 10.7. The Balaban J connectivity index is 1.81. The summed E-state index contributed by atoms with van der Waals surface area (Å²) < 4.78 is 11.4. The second-order valence-electron chi connectivity index (χ2n) is 5.64. The predicted molar refractivity (Wildman–Crippen MR) is 87.9 cm³/mol. The molecule has 3 rings (SSSR count). The summed E-state index contributed by atoms with van der Waals surface area (Å²) in [6, 6.07) is 3.97. The molecule has 6 nitrogen and oxygen atoms in total. The predicted octanol–water partition coefficient (Wildman–Crippen LogP) is 1.76. The molecule has 0 fully saturated rings. The van der Waals surface area contributed by atoms with Crippen LogP contribution in [0.2, 0.25) is 0 Å². The van der Waals surface area contributed by atoms with Crippen LogP contribution in [0.5, 0.6) is 11.5 Å². The Kier molecular flexibility index (Phi) is 4.29. The topological polar surface area (TPSA) is 49.7 Å². The van der Waals surface area contributed by atoms with Gasteiger partial charge in [-0.05, 0) is 32.6 Å². The van der Waals surface area contributed by atoms with E-state index in [9.17, 15) is 0 Å². The Labute approximate surface area is 131 Å². The van der Waals surface area contributed by atoms with Crippen molar-refractivity contribution < 1.29 is 9.47 Å². The van der Waals surface area contributed by atoms with Gasteiger partial charge in [0.25, 0.3) is 0 Å². The van der Waals surface area contributed by atoms with Crippen LogP contribution in [0.3, 0.4) is 0 Å². The van der Waals surface area contributed by atoms with E-state index in [2.05, 4.69) is 33.9 Å². The van der Waals surface area contributed by atoms with Gasteiger partial charge in [0.15, 0.2) is 11.5 Å². The highest BCUT2D eigenvalue weighted by Gasteiger charge is 2.27. The summed E-state index contributed by atoms with van der Waals surface area (Å²) >= 11 is 0. The average Bonchev–Trinajstić information content (AvgIpc) is 2.99. The van der Waals surface area contributed by atoms with E-state index in [4.69, 9.17) is 9.47 Å². The minimum Gasteiger partial charge on any atom is -0.491 e. The molecule has 0 amide bonds. The van der Waals surface area contributed by atoms with Gasteiger partial charge < -0.3 is 19.3 Å². The lowest BCUT2D eigenvalue weighted by molar-refractivity contribution is 0.268. The first kappa shape index (κ1) is 14.8. The number of ether oxygens (including phenoxy) is 2. The zero-order valence-corrected chi connectivity index (χ0v) is 13.4. The summed E-state index contributed by atoms with van der Waals surface area (Å²) in [5.41, 5.74) is 1.82. The third-order valence-corrected chi connectivity index (χ3v) is 3.75. The average molecular weight is 302 g/mol. The molecule has 2 aliphatic heterocycles. The Morgan fingerprint density at radius 1 is 1.32 bits per heavy atom. The second kappa shape index (κ2) is 6.36. The van der Waals surface area contributed by atoms with Crippen molar-refractivity contribution in [2.45, 2.75) is 6.42 Å². The number of hydrogen-bond acceptors (Lipinski definition) is 6. The van der Waals surface area contributed by atoms with Crippen molar-refractivity contribution in [3.8, 4) is 11.5 Å². The van der Waals surface area contributed by atoms with Crippen molar-refractivity contribution in [2.75, 3.05) is 47.4 Å². The molecule has 0 unspecified atom stereocenters. The second-order valence-corrected chi connectivity index (χ2v) is 5.64. The number of amidine groups is 1. The lowest BCUT2D eigenvalue weighted by Gasteiger charge is -2.23. The van der Waals surface area contributed by atoms with Crippen molar-refractivity contribution in [1.29, 1.82) is 0 Å². The molecule has 0 N–H and O–H groups in total. The van der Waals surface area contributed by atoms with Gasteiger partial charge in [0.05, 0.1) is 26.6 Å². The molecule has 1 aromatic rings. The molecule has 22 heavy (non-hydrogen) atoms. The van der Waals surface area contributed by atoms with E-state index in [1.807, 2.05) is 18.5 Å². The summed E-state index contributed by atoms with van der Waals surface area (Å²) in [5, 5.41) is 0. The van der Waals surface area contributed by atoms with Crippen molar-refractivity contribution in [1.82, 2.24) is 9.80 Å². The highest BCUT2D eigenvalue weighted by molar-refractivity contribution is 6.12. The lowest BCUT2D eigenvalue weighted by atomic mass is 10.1. The van der Waals surface area contributed by atoms with E-state index in [1.165, 1.54) is 0 Å². The minimum absolute atomic E-state index is 0.657. The smallest absolute Gasteiger partial charge is 0.187 e. The van der Waals surface area contributed by atoms with Crippen LogP contribution in [0.15, 0.2) is 22.1 Å². The highest BCUT2D eigenvalue weighted by Crippen LogP contribution is 2.42. The van der Waals surface area contributed by atoms with Gasteiger partial charge in [-0.2, -0.15) is 0 Å². The number of rotatable bonds is 6. The van der Waals surface area contributed by atoms with Crippen LogP contribution < -0.4 is 9.47 Å². The number of aliphatic imine (C=N–C) groups is 2. The molecule has 0 saturated heterocycles. The quantitative estimate of drug-likeness (QED) is 0.751. The third-order valence-electron chi connectivity index (χ3n) is 3.75. The largest absolute Gasteiger partial charge is 0.491 e. The number of methoxy groups -OCH3 is 1. The molecule has 2 aliphatic rings. The van der Waals surface area contributed by atoms with Crippen molar-refractivity contribution in [2.24, 2.45) is 9.98 Å². The Morgan fingerprint density at radius 3 is 2.95 bits per heavy atom. The van der Waals surface area contributed by atoms with Gasteiger partial charge in [0.1, 0.15) is 11.5 Å². The van der Waals surface area contributed by atoms with Crippen LogP contribution in [0.25, 0.3) is 0 Å². The molecule has 6 heteroatoms. The number of nitrogens with zero attached hydrogens (tertiary/aromatic N) is 4. The van der Waals surface area contributed by atoms with E-state index in [0.717, 1.165) is 48.9 Å². The minimum atomic E-state index is 0.657. The zero-order valence-electron chi connectivity index (χ0n) is 13.4. The molecule has 0 spiro atoms. The lowest BCUT2D eigenvalue weighted by Crippen LogP contribution is -2.29. The first-order valence-corrected chi connectivity index (χ1v) is 7.55. The van der Waals surface area contributed by atoms with Gasteiger partial charge in [-0.1, -0.05) is 0 Å². The summed E-state index contributed by atoms with van der Waals surface area (Å²) in [6.07, 6.45) is 2.80. The van der Waals surface area contributed by atoms with Gasteiger partial charge in [0.2, 0.25) is 0 Å². The first-order valence-electron chi connectivity index (χ1n) is 7.55. The van der Waals surface area contributed by atoms with E-state index in [1.54, 1.807) is 7.11 Å². The molecular formula is C16H22N4O2. The zero-order chi connectivity index (χ0) is 15.5. The molecular weight excluding hydrogens is 280 g/mol. The Morgan fingerprint density at radius 2 is 2.18 bits per heavy atom. The van der Waals surface area contributed by atoms with E-state index >= 15 is 0 Å². The fourth-order valence-corrected chi connectivity index (χ4v) is 2.68. The maximum Gasteiger partial charge on any atom is 0.187 e. The summed E-state index contributed by atoms with van der Waals surface area (Å²) in [7, 11) is 5.77. The maximum absolute atomic E-state index is 5.88. The van der Waals surface area contributed by atoms with Gasteiger partial charge in [-0.15, -0.1) is 0 Å². The number of hydrogen-bond donors (Lipinski definition) is 0. The summed E-state index contributed by atoms with van der Waals surface area (Å²) in [6.45, 7) is 3.36. The molecule has 1 aromatic carbocycles. The summed E-state index contributed by atoms with van der Waals surface area (Å²) in [4.78, 5) is 13.3. The molecule has 0 saturated carbocycles. The van der Waals surface area contributed by atoms with Crippen LogP contribution in [0, 0.1) is 0 Å². The SMILES string of the molecule is COc1c(OCCCN(C)C)ccc2c1N=CN1CCN=C21. The molecule has 0 bridgehead atoms. The highest BCUT2D eigenvalue weighted by atomic mass is 16.5. The van der Waals surface area contributed by atoms with E-state index < -0.39 is 0 Å². The van der Waals surface area contributed by atoms with Gasteiger partial charge in [0, 0.05) is 18.7 Å². The Hall–Kier alpha value is -2.08. The normalized spacial score (nSPS) is 15.6. The fourth-order valence-electron chi connectivity index (χ4n) is 2.68. The fraction of sp³-hybridized carbons (Fsp3) is 0.500. The van der Waals surface area contributed by atoms with Gasteiger partial charge in [-0.25, -0.2) is 4.99 Å². The number of fused-ring (bicyclic) bond motifs is 3.